The summed E-state index contributed by atoms with van der Waals surface area (Å²) >= 11 is 0. The van der Waals surface area contributed by atoms with E-state index in [1.54, 1.807) is 7.11 Å². The molecule has 1 fully saturated rings. The van der Waals surface area contributed by atoms with Crippen LogP contribution in [0.3, 0.4) is 0 Å². The van der Waals surface area contributed by atoms with Crippen LogP contribution in [0.2, 0.25) is 0 Å². The summed E-state index contributed by atoms with van der Waals surface area (Å²) in [5, 5.41) is 0. The highest BCUT2D eigenvalue weighted by atomic mass is 16.5. The molecule has 0 aliphatic carbocycles. The summed E-state index contributed by atoms with van der Waals surface area (Å²) in [7, 11) is 1.68. The predicted octanol–water partition coefficient (Wildman–Crippen LogP) is 1.01. The Hall–Kier alpha value is -1.30. The van der Waals surface area contributed by atoms with Crippen molar-refractivity contribution >= 4 is 5.69 Å². The molecule has 0 amide bonds. The van der Waals surface area contributed by atoms with Crippen LogP contribution in [0.4, 0.5) is 5.69 Å². The lowest BCUT2D eigenvalue weighted by Gasteiger charge is -2.29. The number of morpholine rings is 1. The fourth-order valence-corrected chi connectivity index (χ4v) is 3.33. The van der Waals surface area contributed by atoms with Gasteiger partial charge in [-0.1, -0.05) is 0 Å². The third-order valence-corrected chi connectivity index (χ3v) is 4.78. The van der Waals surface area contributed by atoms with Gasteiger partial charge in [-0.05, 0) is 36.1 Å². The summed E-state index contributed by atoms with van der Waals surface area (Å²) < 4.78 is 10.8. The van der Waals surface area contributed by atoms with E-state index in [4.69, 9.17) is 15.2 Å². The van der Waals surface area contributed by atoms with Crippen molar-refractivity contribution in [3.8, 4) is 5.75 Å². The number of benzene rings is 1. The number of nitrogens with zero attached hydrogens (tertiary/aromatic N) is 2. The van der Waals surface area contributed by atoms with Gasteiger partial charge in [-0.2, -0.15) is 0 Å². The number of nitrogen functional groups attached to an aromatic ring is 1. The van der Waals surface area contributed by atoms with Crippen LogP contribution in [-0.4, -0.2) is 69.4 Å². The molecule has 5 heteroatoms. The zero-order chi connectivity index (χ0) is 15.4. The molecule has 0 bridgehead atoms. The maximum atomic E-state index is 6.04. The van der Waals surface area contributed by atoms with Crippen LogP contribution in [0.1, 0.15) is 11.1 Å². The molecule has 0 radical (unpaired) electrons. The van der Waals surface area contributed by atoms with Gasteiger partial charge in [0.1, 0.15) is 5.75 Å². The van der Waals surface area contributed by atoms with Crippen LogP contribution in [0.5, 0.6) is 5.75 Å². The van der Waals surface area contributed by atoms with E-state index < -0.39 is 0 Å². The van der Waals surface area contributed by atoms with Gasteiger partial charge in [0.2, 0.25) is 0 Å². The van der Waals surface area contributed by atoms with E-state index in [-0.39, 0.29) is 0 Å². The van der Waals surface area contributed by atoms with E-state index >= 15 is 0 Å². The first kappa shape index (κ1) is 15.6. The number of fused-ring (bicyclic) bond motifs is 1. The molecule has 2 aliphatic heterocycles. The third kappa shape index (κ3) is 3.72. The Bertz CT molecular complexity index is 501. The molecule has 0 unspecified atom stereocenters. The van der Waals surface area contributed by atoms with Crippen LogP contribution in [0, 0.1) is 0 Å². The highest BCUT2D eigenvalue weighted by Crippen LogP contribution is 2.28. The van der Waals surface area contributed by atoms with Crippen LogP contribution in [0.15, 0.2) is 12.1 Å². The maximum absolute atomic E-state index is 6.04. The molecule has 1 aromatic carbocycles. The number of anilines is 1. The molecule has 2 N–H and O–H groups in total. The Balaban J connectivity index is 1.56. The van der Waals surface area contributed by atoms with Crippen LogP contribution in [-0.2, 0) is 17.6 Å². The van der Waals surface area contributed by atoms with Crippen molar-refractivity contribution in [3.05, 3.63) is 23.3 Å². The first-order valence-electron chi connectivity index (χ1n) is 8.24. The van der Waals surface area contributed by atoms with Crippen LogP contribution in [0.25, 0.3) is 0 Å². The molecule has 2 heterocycles. The number of methoxy groups -OCH3 is 1. The van der Waals surface area contributed by atoms with Gasteiger partial charge in [0.05, 0.1) is 26.0 Å². The summed E-state index contributed by atoms with van der Waals surface area (Å²) in [5.74, 6) is 0.806. The minimum absolute atomic E-state index is 0.753. The van der Waals surface area contributed by atoms with E-state index in [1.165, 1.54) is 11.1 Å². The largest absolute Gasteiger partial charge is 0.495 e. The molecule has 0 atom stereocenters. The van der Waals surface area contributed by atoms with Gasteiger partial charge in [0.25, 0.3) is 0 Å². The first-order valence-corrected chi connectivity index (χ1v) is 8.24. The van der Waals surface area contributed by atoms with Gasteiger partial charge in [-0.25, -0.2) is 0 Å². The minimum atomic E-state index is 0.753. The normalized spacial score (nSPS) is 20.4. The summed E-state index contributed by atoms with van der Waals surface area (Å²) in [5.41, 5.74) is 9.56. The Morgan fingerprint density at radius 1 is 1.00 bits per heavy atom. The number of hydrogen-bond donors (Lipinski definition) is 1. The number of ether oxygens (including phenoxy) is 2. The lowest BCUT2D eigenvalue weighted by molar-refractivity contribution is 0.0335. The van der Waals surface area contributed by atoms with Gasteiger partial charge in [0.15, 0.2) is 0 Å². The minimum Gasteiger partial charge on any atom is -0.495 e. The molecule has 2 aliphatic rings. The molecule has 0 spiro atoms. The molecule has 122 valence electrons. The van der Waals surface area contributed by atoms with Gasteiger partial charge >= 0.3 is 0 Å². The molecule has 0 saturated carbocycles. The molecule has 22 heavy (non-hydrogen) atoms. The fourth-order valence-electron chi connectivity index (χ4n) is 3.33. The predicted molar refractivity (Wildman–Crippen MR) is 88.5 cm³/mol. The standard InChI is InChI=1S/C17H27N3O2/c1-21-17-13-15-3-5-19(4-2-14(15)12-16(17)18)6-7-20-8-10-22-11-9-20/h12-13H,2-11,18H2,1H3. The van der Waals surface area contributed by atoms with Crippen molar-refractivity contribution in [2.75, 3.05) is 65.3 Å². The molecule has 1 saturated heterocycles. The SMILES string of the molecule is COc1cc2c(cc1N)CCN(CCN1CCOCC1)CC2. The fraction of sp³-hybridized carbons (Fsp3) is 0.647. The second-order valence-electron chi connectivity index (χ2n) is 6.16. The topological polar surface area (TPSA) is 51.0 Å². The summed E-state index contributed by atoms with van der Waals surface area (Å²) in [4.78, 5) is 5.07. The van der Waals surface area contributed by atoms with Gasteiger partial charge in [0, 0.05) is 39.3 Å². The number of nitrogens with two attached hydrogens (primary N) is 1. The highest BCUT2D eigenvalue weighted by molar-refractivity contribution is 5.57. The quantitative estimate of drug-likeness (QED) is 0.842. The maximum Gasteiger partial charge on any atom is 0.142 e. The Morgan fingerprint density at radius 2 is 1.59 bits per heavy atom. The van der Waals surface area contributed by atoms with Gasteiger partial charge < -0.3 is 20.1 Å². The van der Waals surface area contributed by atoms with Crippen LogP contribution >= 0.6 is 0 Å². The summed E-state index contributed by atoms with van der Waals surface area (Å²) in [6, 6.07) is 4.22. The third-order valence-electron chi connectivity index (χ3n) is 4.78. The second-order valence-corrected chi connectivity index (χ2v) is 6.16. The lowest BCUT2D eigenvalue weighted by Crippen LogP contribution is -2.42. The molecular formula is C17H27N3O2. The Morgan fingerprint density at radius 3 is 2.23 bits per heavy atom. The van der Waals surface area contributed by atoms with Crippen LogP contribution < -0.4 is 10.5 Å². The molecule has 0 aromatic heterocycles. The molecule has 1 aromatic rings. The van der Waals surface area contributed by atoms with Crippen molar-refractivity contribution in [1.82, 2.24) is 9.80 Å². The van der Waals surface area contributed by atoms with E-state index in [0.29, 0.717) is 0 Å². The van der Waals surface area contributed by atoms with Crippen molar-refractivity contribution in [2.45, 2.75) is 12.8 Å². The van der Waals surface area contributed by atoms with Crippen molar-refractivity contribution in [2.24, 2.45) is 0 Å². The van der Waals surface area contributed by atoms with Gasteiger partial charge in [-0.15, -0.1) is 0 Å². The zero-order valence-corrected chi connectivity index (χ0v) is 13.5. The van der Waals surface area contributed by atoms with Crippen molar-refractivity contribution < 1.29 is 9.47 Å². The smallest absolute Gasteiger partial charge is 0.142 e. The number of rotatable bonds is 4. The zero-order valence-electron chi connectivity index (χ0n) is 13.5. The average molecular weight is 305 g/mol. The Labute approximate surface area is 133 Å². The number of hydrogen-bond acceptors (Lipinski definition) is 5. The van der Waals surface area contributed by atoms with E-state index in [9.17, 15) is 0 Å². The first-order chi connectivity index (χ1) is 10.8. The molecule has 3 rings (SSSR count). The monoisotopic (exact) mass is 305 g/mol. The molecular weight excluding hydrogens is 278 g/mol. The molecule has 5 nitrogen and oxygen atoms in total. The Kier molecular flexibility index (Phi) is 5.18. The van der Waals surface area contributed by atoms with Gasteiger partial charge in [-0.3, -0.25) is 4.90 Å². The average Bonchev–Trinajstić information content (AvgIpc) is 2.75. The van der Waals surface area contributed by atoms with E-state index in [2.05, 4.69) is 21.9 Å². The van der Waals surface area contributed by atoms with Crippen molar-refractivity contribution in [1.29, 1.82) is 0 Å². The van der Waals surface area contributed by atoms with E-state index in [1.807, 2.05) is 0 Å². The van der Waals surface area contributed by atoms with E-state index in [0.717, 1.165) is 76.8 Å². The summed E-state index contributed by atoms with van der Waals surface area (Å²) in [6.45, 7) is 8.41. The highest BCUT2D eigenvalue weighted by Gasteiger charge is 2.17. The summed E-state index contributed by atoms with van der Waals surface area (Å²) in [6.07, 6.45) is 2.15. The van der Waals surface area contributed by atoms with Crippen molar-refractivity contribution in [3.63, 3.8) is 0 Å². The lowest BCUT2D eigenvalue weighted by atomic mass is 10.0. The second kappa shape index (κ2) is 7.31.